The molecule has 0 aromatic carbocycles. The fraction of sp³-hybridized carbons (Fsp3) is 0.364. The molecule has 0 aliphatic heterocycles. The van der Waals surface area contributed by atoms with Crippen molar-refractivity contribution in [3.05, 3.63) is 30.9 Å². The highest BCUT2D eigenvalue weighted by molar-refractivity contribution is 5.80. The number of hydrogen-bond donors (Lipinski definition) is 2. The number of carbonyl (C=O) groups excluding carboxylic acids is 1. The minimum absolute atomic E-state index is 0.0316. The van der Waals surface area contributed by atoms with Crippen LogP contribution in [0.1, 0.15) is 5.69 Å². The second-order valence-corrected chi connectivity index (χ2v) is 3.62. The lowest BCUT2D eigenvalue weighted by atomic mass is 10.1. The fourth-order valence-electron chi connectivity index (χ4n) is 1.31. The smallest absolute Gasteiger partial charge is 0.408 e. The van der Waals surface area contributed by atoms with Gasteiger partial charge in [0.25, 0.3) is 0 Å². The first kappa shape index (κ1) is 13.8. The number of rotatable bonds is 6. The van der Waals surface area contributed by atoms with E-state index in [0.717, 1.165) is 0 Å². The summed E-state index contributed by atoms with van der Waals surface area (Å²) in [7, 11) is 1.75. The third kappa shape index (κ3) is 3.93. The van der Waals surface area contributed by atoms with Gasteiger partial charge < -0.3 is 19.7 Å². The van der Waals surface area contributed by atoms with Crippen LogP contribution in [0.2, 0.25) is 0 Å². The van der Waals surface area contributed by atoms with E-state index in [4.69, 9.17) is 5.11 Å². The maximum absolute atomic E-state index is 11.3. The van der Waals surface area contributed by atoms with Crippen LogP contribution in [0, 0.1) is 0 Å². The van der Waals surface area contributed by atoms with Crippen molar-refractivity contribution in [1.29, 1.82) is 0 Å². The van der Waals surface area contributed by atoms with E-state index in [0.29, 0.717) is 5.69 Å². The summed E-state index contributed by atoms with van der Waals surface area (Å²) < 4.78 is 6.35. The number of carboxylic acid groups (broad SMARTS) is 1. The van der Waals surface area contributed by atoms with Crippen LogP contribution in [0.3, 0.4) is 0 Å². The summed E-state index contributed by atoms with van der Waals surface area (Å²) in [6.45, 7) is 3.42. The van der Waals surface area contributed by atoms with Crippen LogP contribution in [0.4, 0.5) is 4.79 Å². The summed E-state index contributed by atoms with van der Waals surface area (Å²) in [6, 6.07) is -1.06. The van der Waals surface area contributed by atoms with Crippen molar-refractivity contribution in [2.75, 3.05) is 6.61 Å². The van der Waals surface area contributed by atoms with Crippen LogP contribution >= 0.6 is 0 Å². The highest BCUT2D eigenvalue weighted by atomic mass is 16.5. The van der Waals surface area contributed by atoms with Gasteiger partial charge in [0.05, 0.1) is 6.33 Å². The second kappa shape index (κ2) is 6.43. The van der Waals surface area contributed by atoms with Crippen molar-refractivity contribution in [3.63, 3.8) is 0 Å². The van der Waals surface area contributed by atoms with Gasteiger partial charge in [-0.05, 0) is 0 Å². The molecular formula is C11H15N3O4. The van der Waals surface area contributed by atoms with Gasteiger partial charge in [-0.15, -0.1) is 0 Å². The van der Waals surface area contributed by atoms with Gasteiger partial charge in [-0.2, -0.15) is 0 Å². The molecule has 0 spiro atoms. The average molecular weight is 253 g/mol. The van der Waals surface area contributed by atoms with E-state index in [9.17, 15) is 9.59 Å². The number of amides is 1. The molecule has 1 atom stereocenters. The quantitative estimate of drug-likeness (QED) is 0.712. The van der Waals surface area contributed by atoms with E-state index in [-0.39, 0.29) is 13.0 Å². The van der Waals surface area contributed by atoms with Gasteiger partial charge >= 0.3 is 12.1 Å². The van der Waals surface area contributed by atoms with Crippen LogP contribution < -0.4 is 5.32 Å². The minimum Gasteiger partial charge on any atom is -0.480 e. The molecule has 1 heterocycles. The summed E-state index contributed by atoms with van der Waals surface area (Å²) in [6.07, 6.45) is 3.85. The van der Waals surface area contributed by atoms with Crippen LogP contribution in [-0.2, 0) is 23.0 Å². The van der Waals surface area contributed by atoms with Gasteiger partial charge in [0, 0.05) is 25.4 Å². The van der Waals surface area contributed by atoms with Gasteiger partial charge in [-0.3, -0.25) is 0 Å². The number of nitrogens with zero attached hydrogens (tertiary/aromatic N) is 2. The first-order valence-corrected chi connectivity index (χ1v) is 5.26. The minimum atomic E-state index is -1.13. The Bertz CT molecular complexity index is 441. The highest BCUT2D eigenvalue weighted by Gasteiger charge is 2.22. The van der Waals surface area contributed by atoms with Crippen molar-refractivity contribution < 1.29 is 19.4 Å². The molecule has 0 bridgehead atoms. The predicted octanol–water partition coefficient (Wildman–Crippen LogP) is 0.328. The number of nitrogens with one attached hydrogen (secondary N) is 1. The first-order valence-electron chi connectivity index (χ1n) is 5.26. The van der Waals surface area contributed by atoms with E-state index in [1.54, 1.807) is 24.1 Å². The van der Waals surface area contributed by atoms with Crippen molar-refractivity contribution in [1.82, 2.24) is 14.9 Å². The van der Waals surface area contributed by atoms with Gasteiger partial charge in [0.2, 0.25) is 0 Å². The van der Waals surface area contributed by atoms with E-state index in [1.807, 2.05) is 0 Å². The number of aromatic nitrogens is 2. The fourth-order valence-corrected chi connectivity index (χ4v) is 1.31. The Kier molecular flexibility index (Phi) is 4.91. The van der Waals surface area contributed by atoms with Gasteiger partial charge in [0.1, 0.15) is 12.6 Å². The Morgan fingerprint density at radius 2 is 2.44 bits per heavy atom. The molecule has 2 N–H and O–H groups in total. The average Bonchev–Trinajstić information content (AvgIpc) is 2.71. The van der Waals surface area contributed by atoms with Crippen molar-refractivity contribution in [3.8, 4) is 0 Å². The number of imidazole rings is 1. The summed E-state index contributed by atoms with van der Waals surface area (Å²) in [5, 5.41) is 11.3. The standard InChI is InChI=1S/C11H15N3O4/c1-3-4-18-11(17)13-9(10(15)16)5-8-6-12-7-14(8)2/h3,6-7,9H,1,4-5H2,2H3,(H,13,17)(H,15,16)/t9-/m1/s1. The third-order valence-corrected chi connectivity index (χ3v) is 2.25. The number of carbonyl (C=O) groups is 2. The Hall–Kier alpha value is -2.31. The molecule has 1 amide bonds. The van der Waals surface area contributed by atoms with Crippen LogP contribution in [0.15, 0.2) is 25.2 Å². The Morgan fingerprint density at radius 1 is 1.72 bits per heavy atom. The molecule has 7 nitrogen and oxygen atoms in total. The Morgan fingerprint density at radius 3 is 2.94 bits per heavy atom. The Balaban J connectivity index is 2.61. The normalized spacial score (nSPS) is 11.6. The lowest BCUT2D eigenvalue weighted by Gasteiger charge is -2.14. The predicted molar refractivity (Wildman–Crippen MR) is 63.0 cm³/mol. The maximum atomic E-state index is 11.3. The summed E-state index contributed by atoms with van der Waals surface area (Å²) in [5.74, 6) is -1.13. The molecule has 7 heteroatoms. The third-order valence-electron chi connectivity index (χ3n) is 2.25. The molecule has 0 radical (unpaired) electrons. The van der Waals surface area contributed by atoms with Crippen LogP contribution in [-0.4, -0.2) is 39.4 Å². The zero-order valence-electron chi connectivity index (χ0n) is 10.00. The molecular weight excluding hydrogens is 238 g/mol. The molecule has 98 valence electrons. The van der Waals surface area contributed by atoms with Gasteiger partial charge in [-0.1, -0.05) is 12.7 Å². The van der Waals surface area contributed by atoms with Crippen molar-refractivity contribution >= 4 is 12.1 Å². The molecule has 0 aliphatic rings. The number of alkyl carbamates (subject to hydrolysis) is 1. The van der Waals surface area contributed by atoms with Crippen molar-refractivity contribution in [2.45, 2.75) is 12.5 Å². The second-order valence-electron chi connectivity index (χ2n) is 3.62. The highest BCUT2D eigenvalue weighted by Crippen LogP contribution is 2.02. The molecule has 0 aliphatic carbocycles. The van der Waals surface area contributed by atoms with Crippen LogP contribution in [0.25, 0.3) is 0 Å². The van der Waals surface area contributed by atoms with E-state index < -0.39 is 18.1 Å². The lowest BCUT2D eigenvalue weighted by molar-refractivity contribution is -0.139. The van der Waals surface area contributed by atoms with E-state index in [1.165, 1.54) is 6.08 Å². The summed E-state index contributed by atoms with van der Waals surface area (Å²) in [4.78, 5) is 26.2. The molecule has 18 heavy (non-hydrogen) atoms. The number of carboxylic acids is 1. The van der Waals surface area contributed by atoms with Crippen molar-refractivity contribution in [2.24, 2.45) is 7.05 Å². The summed E-state index contributed by atoms with van der Waals surface area (Å²) >= 11 is 0. The molecule has 0 saturated carbocycles. The number of ether oxygens (including phenoxy) is 1. The van der Waals surface area contributed by atoms with Crippen LogP contribution in [0.5, 0.6) is 0 Å². The van der Waals surface area contributed by atoms with E-state index >= 15 is 0 Å². The zero-order chi connectivity index (χ0) is 13.5. The largest absolute Gasteiger partial charge is 0.480 e. The first-order chi connectivity index (χ1) is 8.54. The number of hydrogen-bond acceptors (Lipinski definition) is 4. The number of aryl methyl sites for hydroxylation is 1. The number of aliphatic carboxylic acids is 1. The molecule has 0 unspecified atom stereocenters. The zero-order valence-corrected chi connectivity index (χ0v) is 10.00. The SMILES string of the molecule is C=CCOC(=O)N[C@H](Cc1cncn1C)C(=O)O. The van der Waals surface area contributed by atoms with Gasteiger partial charge in [-0.25, -0.2) is 14.6 Å². The molecule has 1 rings (SSSR count). The lowest BCUT2D eigenvalue weighted by Crippen LogP contribution is -2.42. The molecule has 0 saturated heterocycles. The topological polar surface area (TPSA) is 93.5 Å². The maximum Gasteiger partial charge on any atom is 0.408 e. The molecule has 1 aromatic rings. The molecule has 1 aromatic heterocycles. The van der Waals surface area contributed by atoms with Gasteiger partial charge in [0.15, 0.2) is 0 Å². The van der Waals surface area contributed by atoms with E-state index in [2.05, 4.69) is 21.6 Å². The molecule has 0 fully saturated rings. The summed E-state index contributed by atoms with van der Waals surface area (Å²) in [5.41, 5.74) is 0.700. The Labute approximate surface area is 104 Å². The monoisotopic (exact) mass is 253 g/mol.